The molecule has 0 radical (unpaired) electrons. The van der Waals surface area contributed by atoms with Crippen molar-refractivity contribution < 1.29 is 9.53 Å². The zero-order valence-corrected chi connectivity index (χ0v) is 14.1. The van der Waals surface area contributed by atoms with Gasteiger partial charge >= 0.3 is 11.1 Å². The Labute approximate surface area is 144 Å². The molecule has 2 aliphatic carbocycles. The van der Waals surface area contributed by atoms with Crippen LogP contribution in [0.25, 0.3) is 0 Å². The molecule has 8 heteroatoms. The summed E-state index contributed by atoms with van der Waals surface area (Å²) in [5.74, 6) is 1.38. The van der Waals surface area contributed by atoms with E-state index in [0.717, 1.165) is 25.7 Å². The lowest BCUT2D eigenvalue weighted by molar-refractivity contribution is -0.134. The highest BCUT2D eigenvalue weighted by molar-refractivity contribution is 5.81. The van der Waals surface area contributed by atoms with Gasteiger partial charge in [0.2, 0.25) is 5.91 Å². The maximum absolute atomic E-state index is 12.6. The monoisotopic (exact) mass is 346 g/mol. The van der Waals surface area contributed by atoms with Gasteiger partial charge in [-0.1, -0.05) is 0 Å². The van der Waals surface area contributed by atoms with Crippen LogP contribution in [0.4, 0.5) is 0 Å². The minimum atomic E-state index is -0.557. The second-order valence-electron chi connectivity index (χ2n) is 7.99. The van der Waals surface area contributed by atoms with Crippen molar-refractivity contribution >= 4 is 5.91 Å². The van der Waals surface area contributed by atoms with Crippen LogP contribution in [0.5, 0.6) is 0 Å². The van der Waals surface area contributed by atoms with Crippen LogP contribution >= 0.6 is 0 Å². The average molecular weight is 346 g/mol. The summed E-state index contributed by atoms with van der Waals surface area (Å²) < 4.78 is 8.86. The van der Waals surface area contributed by atoms with Gasteiger partial charge in [-0.3, -0.25) is 19.0 Å². The molecular weight excluding hydrogens is 324 g/mol. The molecule has 3 heterocycles. The van der Waals surface area contributed by atoms with E-state index in [2.05, 4.69) is 5.10 Å². The van der Waals surface area contributed by atoms with Crippen LogP contribution in [0.1, 0.15) is 37.9 Å². The molecule has 25 heavy (non-hydrogen) atoms. The molecule has 8 nitrogen and oxygen atoms in total. The molecule has 2 saturated carbocycles. The normalized spacial score (nSPS) is 28.4. The van der Waals surface area contributed by atoms with Crippen molar-refractivity contribution in [1.82, 2.24) is 19.2 Å². The molecule has 1 atom stereocenters. The summed E-state index contributed by atoms with van der Waals surface area (Å²) in [6.07, 6.45) is 4.85. The van der Waals surface area contributed by atoms with Gasteiger partial charge in [0.25, 0.3) is 0 Å². The first-order chi connectivity index (χ1) is 12.0. The van der Waals surface area contributed by atoms with Gasteiger partial charge in [-0.2, -0.15) is 5.10 Å². The quantitative estimate of drug-likeness (QED) is 0.703. The summed E-state index contributed by atoms with van der Waals surface area (Å²) >= 11 is 0. The van der Waals surface area contributed by atoms with Gasteiger partial charge in [0.15, 0.2) is 5.82 Å². The van der Waals surface area contributed by atoms with Gasteiger partial charge < -0.3 is 9.64 Å². The molecule has 134 valence electrons. The topological polar surface area (TPSA) is 86.4 Å². The number of carbonyl (C=O) groups is 1. The molecule has 0 bridgehead atoms. The molecule has 4 aliphatic rings. The standard InChI is InChI=1S/C17H22N4O4/c22-14(12-3-4-12)19-6-5-17(9-19)10-20-13(8-25-17)18-21(7-11-1-2-11)16(24)15(20)23/h11-12H,1-10H2/t17-/m1/s1. The number of nitrogens with zero attached hydrogens (tertiary/aromatic N) is 4. The summed E-state index contributed by atoms with van der Waals surface area (Å²) in [5, 5.41) is 4.36. The van der Waals surface area contributed by atoms with Crippen molar-refractivity contribution in [3.8, 4) is 0 Å². The Balaban J connectivity index is 1.41. The van der Waals surface area contributed by atoms with E-state index in [9.17, 15) is 14.4 Å². The SMILES string of the molecule is O=C(C1CC1)N1CC[C@@]2(C1)Cn1c(nn(CC3CC3)c(=O)c1=O)CO2. The van der Waals surface area contributed by atoms with E-state index in [4.69, 9.17) is 4.74 Å². The highest BCUT2D eigenvalue weighted by Crippen LogP contribution is 2.36. The Morgan fingerprint density at radius 2 is 1.96 bits per heavy atom. The fraction of sp³-hybridized carbons (Fsp3) is 0.765. The summed E-state index contributed by atoms with van der Waals surface area (Å²) in [4.78, 5) is 39.0. The largest absolute Gasteiger partial charge is 0.363 e. The fourth-order valence-corrected chi connectivity index (χ4v) is 3.94. The summed E-state index contributed by atoms with van der Waals surface area (Å²) in [7, 11) is 0. The number of carbonyl (C=O) groups excluding carboxylic acids is 1. The van der Waals surface area contributed by atoms with E-state index in [0.29, 0.717) is 44.3 Å². The van der Waals surface area contributed by atoms with Crippen molar-refractivity contribution in [2.45, 2.75) is 57.4 Å². The van der Waals surface area contributed by atoms with Gasteiger partial charge in [0.1, 0.15) is 12.2 Å². The third-order valence-electron chi connectivity index (χ3n) is 5.85. The first-order valence-corrected chi connectivity index (χ1v) is 9.18. The predicted molar refractivity (Wildman–Crippen MR) is 86.9 cm³/mol. The van der Waals surface area contributed by atoms with Crippen LogP contribution in [0, 0.1) is 11.8 Å². The summed E-state index contributed by atoms with van der Waals surface area (Å²) in [5.41, 5.74) is -1.62. The first-order valence-electron chi connectivity index (χ1n) is 9.18. The summed E-state index contributed by atoms with van der Waals surface area (Å²) in [6.45, 7) is 2.20. The van der Waals surface area contributed by atoms with Crippen LogP contribution in [-0.4, -0.2) is 43.8 Å². The van der Waals surface area contributed by atoms with Gasteiger partial charge in [0.05, 0.1) is 13.1 Å². The van der Waals surface area contributed by atoms with Crippen LogP contribution in [0.15, 0.2) is 9.59 Å². The smallest absolute Gasteiger partial charge is 0.332 e. The Kier molecular flexibility index (Phi) is 3.22. The van der Waals surface area contributed by atoms with Gasteiger partial charge in [0, 0.05) is 19.0 Å². The highest BCUT2D eigenvalue weighted by atomic mass is 16.5. The number of fused-ring (bicyclic) bond motifs is 1. The highest BCUT2D eigenvalue weighted by Gasteiger charge is 2.47. The molecule has 0 aromatic carbocycles. The maximum atomic E-state index is 12.6. The number of hydrogen-bond acceptors (Lipinski definition) is 5. The van der Waals surface area contributed by atoms with Crippen molar-refractivity contribution in [3.63, 3.8) is 0 Å². The number of likely N-dealkylation sites (tertiary alicyclic amines) is 1. The fourth-order valence-electron chi connectivity index (χ4n) is 3.94. The van der Waals surface area contributed by atoms with Crippen molar-refractivity contribution in [1.29, 1.82) is 0 Å². The first kappa shape index (κ1) is 15.3. The molecule has 2 aliphatic heterocycles. The van der Waals surface area contributed by atoms with Crippen LogP contribution < -0.4 is 11.1 Å². The van der Waals surface area contributed by atoms with Gasteiger partial charge in [-0.15, -0.1) is 0 Å². The second-order valence-corrected chi connectivity index (χ2v) is 7.99. The molecular formula is C17H22N4O4. The molecule has 3 fully saturated rings. The number of aromatic nitrogens is 3. The second kappa shape index (κ2) is 5.27. The molecule has 1 aromatic rings. The number of ether oxygens (including phenoxy) is 1. The third-order valence-corrected chi connectivity index (χ3v) is 5.85. The van der Waals surface area contributed by atoms with Crippen molar-refractivity contribution in [3.05, 3.63) is 26.5 Å². The van der Waals surface area contributed by atoms with Gasteiger partial charge in [-0.25, -0.2) is 4.68 Å². The van der Waals surface area contributed by atoms with E-state index >= 15 is 0 Å². The van der Waals surface area contributed by atoms with Crippen molar-refractivity contribution in [2.75, 3.05) is 13.1 Å². The van der Waals surface area contributed by atoms with Crippen LogP contribution in [-0.2, 0) is 29.2 Å². The predicted octanol–water partition coefficient (Wildman–Crippen LogP) is -0.274. The lowest BCUT2D eigenvalue weighted by Crippen LogP contribution is -2.53. The molecule has 5 rings (SSSR count). The maximum Gasteiger partial charge on any atom is 0.332 e. The average Bonchev–Trinajstić information content (AvgIpc) is 3.52. The molecule has 1 amide bonds. The van der Waals surface area contributed by atoms with Crippen LogP contribution in [0.3, 0.4) is 0 Å². The lowest BCUT2D eigenvalue weighted by atomic mass is 10.0. The Bertz CT molecular complexity index is 851. The summed E-state index contributed by atoms with van der Waals surface area (Å²) in [6, 6.07) is 0. The molecule has 0 unspecified atom stereocenters. The Hall–Kier alpha value is -1.96. The molecule has 1 saturated heterocycles. The number of rotatable bonds is 3. The number of amides is 1. The zero-order chi connectivity index (χ0) is 17.2. The van der Waals surface area contributed by atoms with E-state index in [1.165, 1.54) is 9.25 Å². The number of hydrogen-bond donors (Lipinski definition) is 0. The van der Waals surface area contributed by atoms with E-state index in [1.807, 2.05) is 4.90 Å². The lowest BCUT2D eigenvalue weighted by Gasteiger charge is -2.35. The van der Waals surface area contributed by atoms with Crippen LogP contribution in [0.2, 0.25) is 0 Å². The van der Waals surface area contributed by atoms with E-state index < -0.39 is 16.7 Å². The van der Waals surface area contributed by atoms with E-state index in [-0.39, 0.29) is 18.4 Å². The molecule has 0 N–H and O–H groups in total. The van der Waals surface area contributed by atoms with Crippen molar-refractivity contribution in [2.24, 2.45) is 11.8 Å². The molecule has 1 aromatic heterocycles. The third kappa shape index (κ3) is 2.63. The van der Waals surface area contributed by atoms with Gasteiger partial charge in [-0.05, 0) is 38.0 Å². The minimum absolute atomic E-state index is 0.185. The Morgan fingerprint density at radius 1 is 1.16 bits per heavy atom. The molecule has 1 spiro atoms. The Morgan fingerprint density at radius 3 is 2.68 bits per heavy atom. The van der Waals surface area contributed by atoms with E-state index in [1.54, 1.807) is 0 Å². The minimum Gasteiger partial charge on any atom is -0.363 e. The zero-order valence-electron chi connectivity index (χ0n) is 14.1.